The van der Waals surface area contributed by atoms with Gasteiger partial charge in [-0.2, -0.15) is 5.26 Å². The van der Waals surface area contributed by atoms with Crippen LogP contribution in [-0.2, 0) is 16.6 Å². The van der Waals surface area contributed by atoms with E-state index in [1.165, 1.54) is 29.8 Å². The summed E-state index contributed by atoms with van der Waals surface area (Å²) in [6.07, 6.45) is 3.78. The first-order valence-electron chi connectivity index (χ1n) is 10.2. The molecular formula is C22H23N3O4S. The number of sulfonamides is 1. The molecule has 3 aliphatic rings. The van der Waals surface area contributed by atoms with Gasteiger partial charge in [0.05, 0.1) is 16.5 Å². The van der Waals surface area contributed by atoms with Crippen molar-refractivity contribution in [2.24, 2.45) is 0 Å². The molecule has 7 nitrogen and oxygen atoms in total. The fourth-order valence-corrected chi connectivity index (χ4v) is 6.14. The van der Waals surface area contributed by atoms with Crippen LogP contribution in [0.25, 0.3) is 0 Å². The highest BCUT2D eigenvalue weighted by atomic mass is 32.2. The highest BCUT2D eigenvalue weighted by Gasteiger charge is 2.41. The Bertz CT molecular complexity index is 1080. The van der Waals surface area contributed by atoms with Crippen LogP contribution in [0, 0.1) is 11.3 Å². The van der Waals surface area contributed by atoms with E-state index in [0.717, 1.165) is 43.7 Å². The smallest absolute Gasteiger partial charge is 0.240 e. The molecule has 0 aliphatic carbocycles. The van der Waals surface area contributed by atoms with Crippen molar-refractivity contribution in [1.29, 1.82) is 5.26 Å². The first-order valence-corrected chi connectivity index (χ1v) is 11.7. The molecule has 2 unspecified atom stereocenters. The van der Waals surface area contributed by atoms with Crippen molar-refractivity contribution in [3.05, 3.63) is 53.6 Å². The number of rotatable bonds is 5. The molecule has 2 saturated heterocycles. The topological polar surface area (TPSA) is 91.7 Å². The van der Waals surface area contributed by atoms with Crippen molar-refractivity contribution in [2.75, 3.05) is 6.79 Å². The fraction of sp³-hybridized carbons (Fsp3) is 0.409. The lowest BCUT2D eigenvalue weighted by Crippen LogP contribution is -2.49. The second-order valence-electron chi connectivity index (χ2n) is 8.17. The van der Waals surface area contributed by atoms with Crippen LogP contribution in [-0.4, -0.2) is 38.2 Å². The average molecular weight is 426 g/mol. The highest BCUT2D eigenvalue weighted by Crippen LogP contribution is 2.39. The van der Waals surface area contributed by atoms with Crippen LogP contribution < -0.4 is 14.2 Å². The number of nitrogens with zero attached hydrogens (tertiary/aromatic N) is 2. The second kappa shape index (κ2) is 7.58. The molecule has 1 N–H and O–H groups in total. The Balaban J connectivity index is 1.25. The second-order valence-corrected chi connectivity index (χ2v) is 9.88. The first kappa shape index (κ1) is 19.4. The maximum atomic E-state index is 12.8. The summed E-state index contributed by atoms with van der Waals surface area (Å²) in [5.41, 5.74) is 1.64. The van der Waals surface area contributed by atoms with Gasteiger partial charge in [-0.05, 0) is 67.6 Å². The van der Waals surface area contributed by atoms with Gasteiger partial charge in [-0.15, -0.1) is 0 Å². The van der Waals surface area contributed by atoms with Crippen molar-refractivity contribution >= 4 is 10.0 Å². The summed E-state index contributed by atoms with van der Waals surface area (Å²) in [7, 11) is -3.60. The summed E-state index contributed by atoms with van der Waals surface area (Å²) >= 11 is 0. The molecule has 0 radical (unpaired) electrons. The van der Waals surface area contributed by atoms with Crippen molar-refractivity contribution in [3.63, 3.8) is 0 Å². The van der Waals surface area contributed by atoms with Crippen LogP contribution in [0.1, 0.15) is 36.8 Å². The Morgan fingerprint density at radius 2 is 1.73 bits per heavy atom. The molecule has 2 fully saturated rings. The number of fused-ring (bicyclic) bond motifs is 3. The van der Waals surface area contributed by atoms with E-state index in [4.69, 9.17) is 14.7 Å². The van der Waals surface area contributed by atoms with Crippen LogP contribution in [0.5, 0.6) is 11.5 Å². The predicted octanol–water partition coefficient (Wildman–Crippen LogP) is 2.76. The van der Waals surface area contributed by atoms with Crippen molar-refractivity contribution in [1.82, 2.24) is 9.62 Å². The Morgan fingerprint density at radius 3 is 2.43 bits per heavy atom. The number of hydrogen-bond acceptors (Lipinski definition) is 6. The zero-order chi connectivity index (χ0) is 20.7. The van der Waals surface area contributed by atoms with Gasteiger partial charge in [-0.3, -0.25) is 4.90 Å². The summed E-state index contributed by atoms with van der Waals surface area (Å²) < 4.78 is 39.3. The zero-order valence-corrected chi connectivity index (χ0v) is 17.3. The molecule has 0 amide bonds. The lowest BCUT2D eigenvalue weighted by molar-refractivity contribution is 0.115. The standard InChI is InChI=1S/C22H23N3O4S/c23-12-15-1-6-20(7-2-15)30(26,27)24-17-10-18-4-5-19(11-17)25(18)13-16-3-8-21-22(9-16)29-14-28-21/h1-3,6-9,17-19,24H,4-5,10-11,13-14H2. The fourth-order valence-electron chi connectivity index (χ4n) is 4.87. The van der Waals surface area contributed by atoms with E-state index in [0.29, 0.717) is 17.6 Å². The summed E-state index contributed by atoms with van der Waals surface area (Å²) in [5, 5.41) is 8.90. The molecule has 30 heavy (non-hydrogen) atoms. The van der Waals surface area contributed by atoms with E-state index in [1.807, 2.05) is 18.2 Å². The molecule has 0 aromatic heterocycles. The molecular weight excluding hydrogens is 402 g/mol. The zero-order valence-electron chi connectivity index (χ0n) is 16.5. The number of hydrogen-bond donors (Lipinski definition) is 1. The SMILES string of the molecule is N#Cc1ccc(S(=O)(=O)NC2CC3CCC(C2)N3Cc2ccc3c(c2)OCO3)cc1. The Hall–Kier alpha value is -2.60. The molecule has 3 heterocycles. The Kier molecular flexibility index (Phi) is 4.89. The van der Waals surface area contributed by atoms with E-state index in [-0.39, 0.29) is 17.7 Å². The largest absolute Gasteiger partial charge is 0.454 e. The van der Waals surface area contributed by atoms with Gasteiger partial charge in [0, 0.05) is 24.7 Å². The molecule has 8 heteroatoms. The third-order valence-corrected chi connectivity index (χ3v) is 7.84. The van der Waals surface area contributed by atoms with Crippen LogP contribution in [0.15, 0.2) is 47.4 Å². The number of nitriles is 1. The van der Waals surface area contributed by atoms with Crippen molar-refractivity contribution in [3.8, 4) is 17.6 Å². The summed E-state index contributed by atoms with van der Waals surface area (Å²) in [5.74, 6) is 1.59. The van der Waals surface area contributed by atoms with Gasteiger partial charge in [0.25, 0.3) is 0 Å². The van der Waals surface area contributed by atoms with Gasteiger partial charge >= 0.3 is 0 Å². The minimum Gasteiger partial charge on any atom is -0.454 e. The summed E-state index contributed by atoms with van der Waals surface area (Å²) in [6, 6.07) is 14.8. The molecule has 0 spiro atoms. The van der Waals surface area contributed by atoms with Crippen LogP contribution >= 0.6 is 0 Å². The van der Waals surface area contributed by atoms with E-state index in [9.17, 15) is 8.42 Å². The molecule has 3 aliphatic heterocycles. The van der Waals surface area contributed by atoms with Crippen LogP contribution in [0.3, 0.4) is 0 Å². The summed E-state index contributed by atoms with van der Waals surface area (Å²) in [4.78, 5) is 2.71. The van der Waals surface area contributed by atoms with Gasteiger partial charge in [0.2, 0.25) is 16.8 Å². The van der Waals surface area contributed by atoms with Gasteiger partial charge < -0.3 is 9.47 Å². The monoisotopic (exact) mass is 425 g/mol. The number of nitrogens with one attached hydrogen (secondary N) is 1. The number of piperidine rings is 1. The van der Waals surface area contributed by atoms with Gasteiger partial charge in [-0.1, -0.05) is 6.07 Å². The first-order chi connectivity index (χ1) is 14.5. The number of ether oxygens (including phenoxy) is 2. The van der Waals surface area contributed by atoms with Crippen LogP contribution in [0.2, 0.25) is 0 Å². The number of benzene rings is 2. The van der Waals surface area contributed by atoms with Crippen molar-refractivity contribution < 1.29 is 17.9 Å². The Morgan fingerprint density at radius 1 is 1.03 bits per heavy atom. The third-order valence-electron chi connectivity index (χ3n) is 6.30. The van der Waals surface area contributed by atoms with E-state index in [1.54, 1.807) is 0 Å². The summed E-state index contributed by atoms with van der Waals surface area (Å²) in [6.45, 7) is 1.11. The van der Waals surface area contributed by atoms with Crippen molar-refractivity contribution in [2.45, 2.75) is 55.2 Å². The molecule has 2 aromatic rings. The van der Waals surface area contributed by atoms with Crippen LogP contribution in [0.4, 0.5) is 0 Å². The average Bonchev–Trinajstić information content (AvgIpc) is 3.29. The molecule has 2 aromatic carbocycles. The van der Waals surface area contributed by atoms with Gasteiger partial charge in [-0.25, -0.2) is 13.1 Å². The molecule has 2 bridgehead atoms. The van der Waals surface area contributed by atoms with Gasteiger partial charge in [0.1, 0.15) is 0 Å². The maximum absolute atomic E-state index is 12.8. The third kappa shape index (κ3) is 3.65. The lowest BCUT2D eigenvalue weighted by atomic mass is 9.97. The molecule has 5 rings (SSSR count). The molecule has 0 saturated carbocycles. The predicted molar refractivity (Wildman–Crippen MR) is 109 cm³/mol. The normalized spacial score (nSPS) is 25.2. The highest BCUT2D eigenvalue weighted by molar-refractivity contribution is 7.89. The minimum atomic E-state index is -3.60. The van der Waals surface area contributed by atoms with E-state index < -0.39 is 10.0 Å². The van der Waals surface area contributed by atoms with E-state index in [2.05, 4.69) is 15.7 Å². The lowest BCUT2D eigenvalue weighted by Gasteiger charge is -2.39. The Labute approximate surface area is 176 Å². The van der Waals surface area contributed by atoms with E-state index >= 15 is 0 Å². The quantitative estimate of drug-likeness (QED) is 0.792. The molecule has 2 atom stereocenters. The minimum absolute atomic E-state index is 0.0730. The van der Waals surface area contributed by atoms with Gasteiger partial charge in [0.15, 0.2) is 11.5 Å². The molecule has 156 valence electrons. The maximum Gasteiger partial charge on any atom is 0.240 e.